The molecule has 0 saturated heterocycles. The first-order valence-electron chi connectivity index (χ1n) is 5.53. The Morgan fingerprint density at radius 3 is 2.78 bits per heavy atom. The van der Waals surface area contributed by atoms with Gasteiger partial charge in [0.25, 0.3) is 0 Å². The molecule has 0 spiro atoms. The van der Waals surface area contributed by atoms with Crippen LogP contribution in [0, 0.1) is 18.3 Å². The first-order chi connectivity index (χ1) is 8.70. The van der Waals surface area contributed by atoms with Crippen LogP contribution >= 0.6 is 15.9 Å². The van der Waals surface area contributed by atoms with E-state index >= 15 is 0 Å². The van der Waals surface area contributed by atoms with Gasteiger partial charge in [0.2, 0.25) is 0 Å². The molecule has 0 amide bonds. The van der Waals surface area contributed by atoms with Gasteiger partial charge < -0.3 is 5.32 Å². The van der Waals surface area contributed by atoms with Crippen LogP contribution in [0.3, 0.4) is 0 Å². The molecule has 1 unspecified atom stereocenters. The van der Waals surface area contributed by atoms with Gasteiger partial charge >= 0.3 is 0 Å². The van der Waals surface area contributed by atoms with E-state index in [4.69, 9.17) is 0 Å². The van der Waals surface area contributed by atoms with E-state index in [-0.39, 0.29) is 0 Å². The van der Waals surface area contributed by atoms with Crippen molar-refractivity contribution in [2.45, 2.75) is 13.0 Å². The van der Waals surface area contributed by atoms with Crippen molar-refractivity contribution in [1.82, 2.24) is 4.98 Å². The van der Waals surface area contributed by atoms with Crippen molar-refractivity contribution in [2.75, 3.05) is 5.32 Å². The van der Waals surface area contributed by atoms with Gasteiger partial charge in [-0.2, -0.15) is 5.26 Å². The molecule has 18 heavy (non-hydrogen) atoms. The molecule has 0 bridgehead atoms. The van der Waals surface area contributed by atoms with Crippen LogP contribution in [0.25, 0.3) is 0 Å². The third-order valence-electron chi connectivity index (χ3n) is 2.63. The number of nitrogens with zero attached hydrogens (tertiary/aromatic N) is 2. The highest BCUT2D eigenvalue weighted by Gasteiger charge is 2.11. The van der Waals surface area contributed by atoms with Gasteiger partial charge in [-0.3, -0.25) is 4.98 Å². The summed E-state index contributed by atoms with van der Waals surface area (Å²) in [5.74, 6) is 0. The molecule has 0 fully saturated rings. The molecule has 1 atom stereocenters. The van der Waals surface area contributed by atoms with Crippen LogP contribution in [0.4, 0.5) is 5.69 Å². The zero-order chi connectivity index (χ0) is 13.0. The van der Waals surface area contributed by atoms with Crippen molar-refractivity contribution in [3.63, 3.8) is 0 Å². The third kappa shape index (κ3) is 2.88. The lowest BCUT2D eigenvalue weighted by atomic mass is 10.1. The van der Waals surface area contributed by atoms with Gasteiger partial charge in [-0.25, -0.2) is 0 Å². The number of nitriles is 1. The molecule has 90 valence electrons. The minimum Gasteiger partial charge on any atom is -0.366 e. The summed E-state index contributed by atoms with van der Waals surface area (Å²) in [6.07, 6.45) is 3.40. The Kier molecular flexibility index (Phi) is 3.96. The highest BCUT2D eigenvalue weighted by molar-refractivity contribution is 9.10. The van der Waals surface area contributed by atoms with Gasteiger partial charge in [0.05, 0.1) is 6.07 Å². The molecule has 1 aromatic heterocycles. The van der Waals surface area contributed by atoms with Crippen molar-refractivity contribution >= 4 is 21.6 Å². The first kappa shape index (κ1) is 12.6. The number of anilines is 1. The Bertz CT molecular complexity index is 590. The zero-order valence-electron chi connectivity index (χ0n) is 9.89. The average Bonchev–Trinajstić information content (AvgIpc) is 2.38. The number of benzene rings is 1. The molecule has 2 aromatic rings. The molecule has 0 aliphatic carbocycles. The quantitative estimate of drug-likeness (QED) is 0.937. The van der Waals surface area contributed by atoms with Gasteiger partial charge in [0.15, 0.2) is 0 Å². The Labute approximate surface area is 115 Å². The molecule has 2 rings (SSSR count). The van der Waals surface area contributed by atoms with Crippen molar-refractivity contribution in [1.29, 1.82) is 5.26 Å². The van der Waals surface area contributed by atoms with Gasteiger partial charge in [-0.1, -0.05) is 18.2 Å². The summed E-state index contributed by atoms with van der Waals surface area (Å²) in [4.78, 5) is 4.08. The average molecular weight is 302 g/mol. The fourth-order valence-electron chi connectivity index (χ4n) is 1.67. The van der Waals surface area contributed by atoms with E-state index in [2.05, 4.69) is 32.3 Å². The fourth-order valence-corrected chi connectivity index (χ4v) is 2.05. The minimum atomic E-state index is -0.406. The van der Waals surface area contributed by atoms with Crippen molar-refractivity contribution < 1.29 is 0 Å². The Morgan fingerprint density at radius 1 is 1.33 bits per heavy atom. The summed E-state index contributed by atoms with van der Waals surface area (Å²) in [6, 6.07) is 11.6. The summed E-state index contributed by atoms with van der Waals surface area (Å²) in [5, 5.41) is 12.5. The van der Waals surface area contributed by atoms with Crippen molar-refractivity contribution in [2.24, 2.45) is 0 Å². The van der Waals surface area contributed by atoms with E-state index in [1.165, 1.54) is 0 Å². The van der Waals surface area contributed by atoms with Gasteiger partial charge in [-0.05, 0) is 40.5 Å². The number of rotatable bonds is 3. The lowest BCUT2D eigenvalue weighted by Crippen LogP contribution is -2.09. The minimum absolute atomic E-state index is 0.406. The molecular formula is C14H12BrN3. The summed E-state index contributed by atoms with van der Waals surface area (Å²) in [5.41, 5.74) is 2.92. The van der Waals surface area contributed by atoms with E-state index < -0.39 is 6.04 Å². The maximum absolute atomic E-state index is 9.27. The molecule has 0 radical (unpaired) electrons. The van der Waals surface area contributed by atoms with Gasteiger partial charge in [0, 0.05) is 28.1 Å². The van der Waals surface area contributed by atoms with Crippen LogP contribution < -0.4 is 5.32 Å². The highest BCUT2D eigenvalue weighted by atomic mass is 79.9. The number of hydrogen-bond donors (Lipinski definition) is 1. The number of nitrogens with one attached hydrogen (secondary N) is 1. The molecule has 1 aromatic carbocycles. The smallest absolute Gasteiger partial charge is 0.141 e. The van der Waals surface area contributed by atoms with Gasteiger partial charge in [0.1, 0.15) is 6.04 Å². The van der Waals surface area contributed by atoms with Crippen LogP contribution in [-0.2, 0) is 0 Å². The topological polar surface area (TPSA) is 48.7 Å². The number of pyridine rings is 1. The van der Waals surface area contributed by atoms with Crippen LogP contribution in [0.2, 0.25) is 0 Å². The zero-order valence-corrected chi connectivity index (χ0v) is 11.5. The Hall–Kier alpha value is -1.86. The molecular weight excluding hydrogens is 290 g/mol. The predicted octanol–water partition coefficient (Wildman–Crippen LogP) is 3.83. The van der Waals surface area contributed by atoms with Crippen molar-refractivity contribution in [3.05, 3.63) is 58.3 Å². The number of hydrogen-bond acceptors (Lipinski definition) is 3. The van der Waals surface area contributed by atoms with Crippen molar-refractivity contribution in [3.8, 4) is 6.07 Å². The molecule has 3 nitrogen and oxygen atoms in total. The molecule has 4 heteroatoms. The van der Waals surface area contributed by atoms with E-state index in [0.29, 0.717) is 0 Å². The van der Waals surface area contributed by atoms with Gasteiger partial charge in [-0.15, -0.1) is 0 Å². The molecule has 0 aliphatic heterocycles. The number of aryl methyl sites for hydroxylation is 1. The molecule has 0 aliphatic rings. The number of para-hydroxylation sites is 1. The maximum atomic E-state index is 9.27. The third-order valence-corrected chi connectivity index (χ3v) is 3.07. The SMILES string of the molecule is Cc1ccccc1NC(C#N)c1cncc(Br)c1. The number of halogens is 1. The van der Waals surface area contributed by atoms with E-state index in [0.717, 1.165) is 21.3 Å². The standard InChI is InChI=1S/C14H12BrN3/c1-10-4-2-3-5-13(10)18-14(7-16)11-6-12(15)9-17-8-11/h2-6,8-9,14,18H,1H3. The summed E-state index contributed by atoms with van der Waals surface area (Å²) in [7, 11) is 0. The van der Waals surface area contributed by atoms with E-state index in [1.54, 1.807) is 12.4 Å². The highest BCUT2D eigenvalue weighted by Crippen LogP contribution is 2.23. The second-order valence-corrected chi connectivity index (χ2v) is 4.87. The molecule has 1 heterocycles. The Morgan fingerprint density at radius 2 is 2.11 bits per heavy atom. The number of aromatic nitrogens is 1. The Balaban J connectivity index is 2.26. The van der Waals surface area contributed by atoms with Crippen LogP contribution in [-0.4, -0.2) is 4.98 Å². The van der Waals surface area contributed by atoms with E-state index in [9.17, 15) is 5.26 Å². The summed E-state index contributed by atoms with van der Waals surface area (Å²) >= 11 is 3.36. The second kappa shape index (κ2) is 5.65. The summed E-state index contributed by atoms with van der Waals surface area (Å²) in [6.45, 7) is 2.01. The second-order valence-electron chi connectivity index (χ2n) is 3.96. The maximum Gasteiger partial charge on any atom is 0.141 e. The van der Waals surface area contributed by atoms with Crippen LogP contribution in [0.1, 0.15) is 17.2 Å². The normalized spacial score (nSPS) is 11.6. The fraction of sp³-hybridized carbons (Fsp3) is 0.143. The lowest BCUT2D eigenvalue weighted by molar-refractivity contribution is 0.976. The molecule has 1 N–H and O–H groups in total. The van der Waals surface area contributed by atoms with Crippen LogP contribution in [0.5, 0.6) is 0 Å². The first-order valence-corrected chi connectivity index (χ1v) is 6.32. The summed E-state index contributed by atoms with van der Waals surface area (Å²) < 4.78 is 0.867. The van der Waals surface area contributed by atoms with Crippen LogP contribution in [0.15, 0.2) is 47.2 Å². The monoisotopic (exact) mass is 301 g/mol. The lowest BCUT2D eigenvalue weighted by Gasteiger charge is -2.15. The largest absolute Gasteiger partial charge is 0.366 e. The van der Waals surface area contributed by atoms with E-state index in [1.807, 2.05) is 37.3 Å². The molecule has 0 saturated carbocycles. The predicted molar refractivity (Wildman–Crippen MR) is 75.1 cm³/mol.